The molecule has 0 bridgehead atoms. The lowest BCUT2D eigenvalue weighted by Crippen LogP contribution is -2.47. The standard InChI is InChI=1S/C9H10BrNO3/c1-13-6-2-7(11-8(10)3-6)9(12)4-14-5-9/h2-3,12H,4-5H2,1H3. The summed E-state index contributed by atoms with van der Waals surface area (Å²) >= 11 is 3.26. The zero-order valence-corrected chi connectivity index (χ0v) is 9.24. The second-order valence-electron chi connectivity index (χ2n) is 3.24. The number of rotatable bonds is 2. The Bertz CT molecular complexity index is 352. The van der Waals surface area contributed by atoms with Gasteiger partial charge in [0.2, 0.25) is 0 Å². The number of hydrogen-bond donors (Lipinski definition) is 1. The maximum absolute atomic E-state index is 9.96. The molecule has 5 heteroatoms. The molecule has 2 rings (SSSR count). The number of ether oxygens (including phenoxy) is 2. The van der Waals surface area contributed by atoms with E-state index in [0.29, 0.717) is 29.3 Å². The molecule has 1 aromatic rings. The molecule has 0 unspecified atom stereocenters. The van der Waals surface area contributed by atoms with E-state index in [2.05, 4.69) is 20.9 Å². The van der Waals surface area contributed by atoms with Crippen LogP contribution in [0, 0.1) is 0 Å². The van der Waals surface area contributed by atoms with Gasteiger partial charge in [0.15, 0.2) is 5.60 Å². The van der Waals surface area contributed by atoms with Gasteiger partial charge in [-0.25, -0.2) is 4.98 Å². The van der Waals surface area contributed by atoms with Crippen LogP contribution < -0.4 is 4.74 Å². The molecule has 1 aromatic heterocycles. The number of aromatic nitrogens is 1. The largest absolute Gasteiger partial charge is 0.497 e. The Morgan fingerprint density at radius 1 is 1.57 bits per heavy atom. The van der Waals surface area contributed by atoms with Gasteiger partial charge in [-0.3, -0.25) is 0 Å². The number of aliphatic hydroxyl groups is 1. The first-order chi connectivity index (χ1) is 6.64. The molecular formula is C9H10BrNO3. The molecule has 1 saturated heterocycles. The van der Waals surface area contributed by atoms with Crippen molar-refractivity contribution in [1.29, 1.82) is 0 Å². The van der Waals surface area contributed by atoms with Crippen molar-refractivity contribution < 1.29 is 14.6 Å². The van der Waals surface area contributed by atoms with Gasteiger partial charge in [-0.1, -0.05) is 0 Å². The molecule has 76 valence electrons. The average molecular weight is 260 g/mol. The first-order valence-corrected chi connectivity index (χ1v) is 4.95. The Kier molecular flexibility index (Phi) is 2.47. The van der Waals surface area contributed by atoms with Crippen molar-refractivity contribution in [2.24, 2.45) is 0 Å². The van der Waals surface area contributed by atoms with E-state index in [1.165, 1.54) is 0 Å². The molecule has 4 nitrogen and oxygen atoms in total. The van der Waals surface area contributed by atoms with Gasteiger partial charge < -0.3 is 14.6 Å². The van der Waals surface area contributed by atoms with E-state index in [0.717, 1.165) is 0 Å². The lowest BCUT2D eigenvalue weighted by atomic mass is 9.97. The summed E-state index contributed by atoms with van der Waals surface area (Å²) in [7, 11) is 1.58. The molecular weight excluding hydrogens is 250 g/mol. The van der Waals surface area contributed by atoms with Crippen LogP contribution in [0.25, 0.3) is 0 Å². The Morgan fingerprint density at radius 2 is 2.29 bits per heavy atom. The summed E-state index contributed by atoms with van der Waals surface area (Å²) in [6, 6.07) is 3.46. The average Bonchev–Trinajstić information content (AvgIpc) is 2.13. The van der Waals surface area contributed by atoms with Crippen LogP contribution in [-0.4, -0.2) is 30.4 Å². The van der Waals surface area contributed by atoms with E-state index >= 15 is 0 Å². The van der Waals surface area contributed by atoms with Crippen LogP contribution in [0.3, 0.4) is 0 Å². The lowest BCUT2D eigenvalue weighted by molar-refractivity contribution is -0.187. The maximum atomic E-state index is 9.96. The number of pyridine rings is 1. The summed E-state index contributed by atoms with van der Waals surface area (Å²) in [6.45, 7) is 0.583. The third kappa shape index (κ3) is 1.63. The van der Waals surface area contributed by atoms with Crippen molar-refractivity contribution in [3.8, 4) is 5.75 Å². The summed E-state index contributed by atoms with van der Waals surface area (Å²) in [5.74, 6) is 0.669. The molecule has 0 atom stereocenters. The molecule has 2 heterocycles. The maximum Gasteiger partial charge on any atom is 0.153 e. The van der Waals surface area contributed by atoms with Crippen LogP contribution in [-0.2, 0) is 10.3 Å². The Labute approximate surface area is 90.0 Å². The third-order valence-electron chi connectivity index (χ3n) is 2.16. The van der Waals surface area contributed by atoms with E-state index in [1.54, 1.807) is 19.2 Å². The molecule has 0 aliphatic carbocycles. The van der Waals surface area contributed by atoms with Gasteiger partial charge in [0, 0.05) is 12.1 Å². The van der Waals surface area contributed by atoms with Crippen molar-refractivity contribution in [1.82, 2.24) is 4.98 Å². The van der Waals surface area contributed by atoms with Crippen LogP contribution >= 0.6 is 15.9 Å². The van der Waals surface area contributed by atoms with Crippen LogP contribution in [0.15, 0.2) is 16.7 Å². The zero-order chi connectivity index (χ0) is 10.2. The van der Waals surface area contributed by atoms with E-state index in [-0.39, 0.29) is 0 Å². The fourth-order valence-electron chi connectivity index (χ4n) is 1.27. The van der Waals surface area contributed by atoms with Crippen molar-refractivity contribution >= 4 is 15.9 Å². The van der Waals surface area contributed by atoms with Crippen LogP contribution in [0.1, 0.15) is 5.69 Å². The predicted molar refractivity (Wildman–Crippen MR) is 53.2 cm³/mol. The van der Waals surface area contributed by atoms with Gasteiger partial charge in [0.1, 0.15) is 10.4 Å². The van der Waals surface area contributed by atoms with Gasteiger partial charge >= 0.3 is 0 Å². The zero-order valence-electron chi connectivity index (χ0n) is 7.66. The van der Waals surface area contributed by atoms with Crippen molar-refractivity contribution in [3.63, 3.8) is 0 Å². The van der Waals surface area contributed by atoms with Gasteiger partial charge in [-0.2, -0.15) is 0 Å². The topological polar surface area (TPSA) is 51.6 Å². The minimum absolute atomic E-state index is 0.291. The lowest BCUT2D eigenvalue weighted by Gasteiger charge is -2.35. The predicted octanol–water partition coefficient (Wildman–Crippen LogP) is 1.07. The summed E-state index contributed by atoms with van der Waals surface area (Å²) in [4.78, 5) is 4.18. The highest BCUT2D eigenvalue weighted by atomic mass is 79.9. The van der Waals surface area contributed by atoms with Gasteiger partial charge in [0.25, 0.3) is 0 Å². The molecule has 1 aliphatic heterocycles. The normalized spacial score (nSPS) is 18.8. The quantitative estimate of drug-likeness (QED) is 0.808. The van der Waals surface area contributed by atoms with Crippen molar-refractivity contribution in [3.05, 3.63) is 22.4 Å². The number of hydrogen-bond acceptors (Lipinski definition) is 4. The fraction of sp³-hybridized carbons (Fsp3) is 0.444. The molecule has 1 fully saturated rings. The Balaban J connectivity index is 2.37. The monoisotopic (exact) mass is 259 g/mol. The first kappa shape index (κ1) is 9.89. The van der Waals surface area contributed by atoms with Gasteiger partial charge in [0.05, 0.1) is 26.0 Å². The highest BCUT2D eigenvalue weighted by Gasteiger charge is 2.39. The molecule has 0 aromatic carbocycles. The van der Waals surface area contributed by atoms with Gasteiger partial charge in [-0.15, -0.1) is 0 Å². The molecule has 0 saturated carbocycles. The van der Waals surface area contributed by atoms with Crippen LogP contribution in [0.5, 0.6) is 5.75 Å². The molecule has 1 N–H and O–H groups in total. The number of nitrogens with zero attached hydrogens (tertiary/aromatic N) is 1. The Hall–Kier alpha value is -0.650. The Morgan fingerprint density at radius 3 is 2.79 bits per heavy atom. The minimum Gasteiger partial charge on any atom is -0.497 e. The second-order valence-corrected chi connectivity index (χ2v) is 4.05. The van der Waals surface area contributed by atoms with E-state index in [9.17, 15) is 5.11 Å². The van der Waals surface area contributed by atoms with Crippen LogP contribution in [0.4, 0.5) is 0 Å². The SMILES string of the molecule is COc1cc(Br)nc(C2(O)COC2)c1. The fourth-order valence-corrected chi connectivity index (χ4v) is 1.69. The molecule has 0 amide bonds. The van der Waals surface area contributed by atoms with Crippen LogP contribution in [0.2, 0.25) is 0 Å². The molecule has 1 aliphatic rings. The van der Waals surface area contributed by atoms with E-state index in [1.807, 2.05) is 0 Å². The first-order valence-electron chi connectivity index (χ1n) is 4.16. The molecule has 0 spiro atoms. The van der Waals surface area contributed by atoms with Crippen molar-refractivity contribution in [2.45, 2.75) is 5.60 Å². The summed E-state index contributed by atoms with van der Waals surface area (Å²) < 4.78 is 10.7. The number of methoxy groups -OCH3 is 1. The smallest absolute Gasteiger partial charge is 0.153 e. The second kappa shape index (κ2) is 3.49. The third-order valence-corrected chi connectivity index (χ3v) is 2.57. The highest BCUT2D eigenvalue weighted by Crippen LogP contribution is 2.31. The van der Waals surface area contributed by atoms with E-state index < -0.39 is 5.60 Å². The summed E-state index contributed by atoms with van der Waals surface area (Å²) in [5, 5.41) is 9.96. The van der Waals surface area contributed by atoms with Crippen molar-refractivity contribution in [2.75, 3.05) is 20.3 Å². The number of halogens is 1. The molecule has 0 radical (unpaired) electrons. The summed E-state index contributed by atoms with van der Waals surface area (Å²) in [6.07, 6.45) is 0. The van der Waals surface area contributed by atoms with E-state index in [4.69, 9.17) is 9.47 Å². The minimum atomic E-state index is -0.947. The summed E-state index contributed by atoms with van der Waals surface area (Å²) in [5.41, 5.74) is -0.369. The van der Waals surface area contributed by atoms with Gasteiger partial charge in [-0.05, 0) is 15.9 Å². The highest BCUT2D eigenvalue weighted by molar-refractivity contribution is 9.10. The molecule has 14 heavy (non-hydrogen) atoms.